The molecule has 0 fully saturated rings. The van der Waals surface area contributed by atoms with Crippen molar-refractivity contribution in [2.24, 2.45) is 0 Å². The molecule has 2 heterocycles. The average molecular weight is 406 g/mol. The zero-order valence-electron chi connectivity index (χ0n) is 14.2. The number of aromatic nitrogens is 3. The Hall–Kier alpha value is -2.75. The number of rotatable bonds is 6. The van der Waals surface area contributed by atoms with Crippen molar-refractivity contribution < 1.29 is 13.2 Å². The van der Waals surface area contributed by atoms with Crippen molar-refractivity contribution in [1.29, 1.82) is 0 Å². The van der Waals surface area contributed by atoms with Crippen LogP contribution < -0.4 is 10.0 Å². The predicted octanol–water partition coefficient (Wildman–Crippen LogP) is 2.23. The molecule has 0 radical (unpaired) electrons. The number of nitrogens with zero attached hydrogens (tertiary/aromatic N) is 3. The van der Waals surface area contributed by atoms with Gasteiger partial charge in [-0.15, -0.1) is 0 Å². The summed E-state index contributed by atoms with van der Waals surface area (Å²) in [4.78, 5) is 16.5. The Morgan fingerprint density at radius 1 is 1.19 bits per heavy atom. The van der Waals surface area contributed by atoms with Crippen LogP contribution in [0.3, 0.4) is 0 Å². The largest absolute Gasteiger partial charge is 0.323 e. The maximum Gasteiger partial charge on any atom is 0.242 e. The topological polar surface area (TPSA) is 106 Å². The third-order valence-corrected chi connectivity index (χ3v) is 5.41. The van der Waals surface area contributed by atoms with Crippen molar-refractivity contribution >= 4 is 33.2 Å². The summed E-state index contributed by atoms with van der Waals surface area (Å²) in [5.41, 5.74) is 0.438. The average Bonchev–Trinajstić information content (AvgIpc) is 3.17. The summed E-state index contributed by atoms with van der Waals surface area (Å²) >= 11 is 5.76. The molecule has 0 unspecified atom stereocenters. The zero-order valence-corrected chi connectivity index (χ0v) is 15.8. The third kappa shape index (κ3) is 4.70. The second-order valence-corrected chi connectivity index (χ2v) is 7.79. The zero-order chi connectivity index (χ0) is 19.4. The molecule has 10 heteroatoms. The van der Waals surface area contributed by atoms with Crippen LogP contribution in [0.1, 0.15) is 6.92 Å². The van der Waals surface area contributed by atoms with Gasteiger partial charge in [-0.25, -0.2) is 18.1 Å². The number of hydrogen-bond donors (Lipinski definition) is 2. The fourth-order valence-electron chi connectivity index (χ4n) is 2.22. The SMILES string of the molecule is C[C@H](NS(=O)(=O)c1ccc(Cl)cc1)C(=O)Nc1ccc(-n2cccn2)nc1. The molecule has 0 saturated carbocycles. The summed E-state index contributed by atoms with van der Waals surface area (Å²) in [6.45, 7) is 1.45. The molecule has 27 heavy (non-hydrogen) atoms. The molecule has 1 aromatic carbocycles. The van der Waals surface area contributed by atoms with Gasteiger partial charge in [0.25, 0.3) is 0 Å². The van der Waals surface area contributed by atoms with E-state index in [2.05, 4.69) is 20.1 Å². The highest BCUT2D eigenvalue weighted by Crippen LogP contribution is 2.15. The van der Waals surface area contributed by atoms with Crippen LogP contribution in [0.15, 0.2) is 66.0 Å². The number of benzene rings is 1. The molecule has 0 aliphatic heterocycles. The van der Waals surface area contributed by atoms with Crippen LogP contribution in [0, 0.1) is 0 Å². The van der Waals surface area contributed by atoms with Crippen LogP contribution in [-0.4, -0.2) is 35.1 Å². The molecule has 3 rings (SSSR count). The molecule has 0 aliphatic rings. The summed E-state index contributed by atoms with van der Waals surface area (Å²) in [7, 11) is -3.85. The molecule has 0 spiro atoms. The van der Waals surface area contributed by atoms with E-state index < -0.39 is 22.0 Å². The first kappa shape index (κ1) is 19.0. The number of halogens is 1. The first-order valence-corrected chi connectivity index (χ1v) is 9.76. The molecule has 2 N–H and O–H groups in total. The Balaban J connectivity index is 1.64. The normalized spacial score (nSPS) is 12.5. The minimum atomic E-state index is -3.85. The Kier molecular flexibility index (Phi) is 5.54. The second kappa shape index (κ2) is 7.87. The van der Waals surface area contributed by atoms with E-state index in [0.29, 0.717) is 16.5 Å². The van der Waals surface area contributed by atoms with E-state index in [-0.39, 0.29) is 4.90 Å². The summed E-state index contributed by atoms with van der Waals surface area (Å²) in [5.74, 6) is 0.0793. The minimum Gasteiger partial charge on any atom is -0.323 e. The van der Waals surface area contributed by atoms with Crippen LogP contribution in [0.5, 0.6) is 0 Å². The molecule has 0 saturated heterocycles. The summed E-state index contributed by atoms with van der Waals surface area (Å²) in [5, 5.41) is 7.10. The van der Waals surface area contributed by atoms with Crippen molar-refractivity contribution in [3.05, 3.63) is 66.1 Å². The van der Waals surface area contributed by atoms with Gasteiger partial charge in [-0.05, 0) is 49.4 Å². The van der Waals surface area contributed by atoms with Gasteiger partial charge in [0.05, 0.1) is 22.8 Å². The number of anilines is 1. The van der Waals surface area contributed by atoms with E-state index in [1.165, 1.54) is 37.4 Å². The number of carbonyl (C=O) groups excluding carboxylic acids is 1. The van der Waals surface area contributed by atoms with Crippen molar-refractivity contribution in [2.75, 3.05) is 5.32 Å². The number of pyridine rings is 1. The Labute approximate surface area is 161 Å². The Bertz CT molecular complexity index is 1020. The van der Waals surface area contributed by atoms with Crippen LogP contribution in [0.4, 0.5) is 5.69 Å². The van der Waals surface area contributed by atoms with Crippen LogP contribution in [-0.2, 0) is 14.8 Å². The fraction of sp³-hybridized carbons (Fsp3) is 0.118. The van der Waals surface area contributed by atoms with E-state index in [9.17, 15) is 13.2 Å². The van der Waals surface area contributed by atoms with Gasteiger partial charge in [-0.1, -0.05) is 11.6 Å². The molecule has 3 aromatic rings. The Morgan fingerprint density at radius 3 is 2.52 bits per heavy atom. The summed E-state index contributed by atoms with van der Waals surface area (Å²) in [6.07, 6.45) is 4.84. The quantitative estimate of drug-likeness (QED) is 0.654. The molecule has 8 nitrogen and oxygen atoms in total. The molecule has 2 aromatic heterocycles. The maximum absolute atomic E-state index is 12.3. The fourth-order valence-corrected chi connectivity index (χ4v) is 3.55. The number of hydrogen-bond acceptors (Lipinski definition) is 5. The number of sulfonamides is 1. The minimum absolute atomic E-state index is 0.0248. The number of amides is 1. The first-order valence-electron chi connectivity index (χ1n) is 7.90. The smallest absolute Gasteiger partial charge is 0.242 e. The number of nitrogens with one attached hydrogen (secondary N) is 2. The monoisotopic (exact) mass is 405 g/mol. The van der Waals surface area contributed by atoms with E-state index in [0.717, 1.165) is 0 Å². The van der Waals surface area contributed by atoms with Gasteiger partial charge in [0, 0.05) is 17.4 Å². The summed E-state index contributed by atoms with van der Waals surface area (Å²) < 4.78 is 28.6. The van der Waals surface area contributed by atoms with Crippen molar-refractivity contribution in [1.82, 2.24) is 19.5 Å². The van der Waals surface area contributed by atoms with Gasteiger partial charge in [-0.3, -0.25) is 4.79 Å². The van der Waals surface area contributed by atoms with Gasteiger partial charge >= 0.3 is 0 Å². The molecule has 0 bridgehead atoms. The van der Waals surface area contributed by atoms with E-state index in [1.807, 2.05) is 0 Å². The van der Waals surface area contributed by atoms with Crippen LogP contribution in [0.2, 0.25) is 5.02 Å². The first-order chi connectivity index (χ1) is 12.8. The van der Waals surface area contributed by atoms with E-state index in [4.69, 9.17) is 11.6 Å². The standard InChI is InChI=1S/C17H16ClN5O3S/c1-12(22-27(25,26)15-6-3-13(18)4-7-15)17(24)21-14-5-8-16(19-11-14)23-10-2-9-20-23/h2-12,22H,1H3,(H,21,24)/t12-/m0/s1. The van der Waals surface area contributed by atoms with E-state index >= 15 is 0 Å². The lowest BCUT2D eigenvalue weighted by atomic mass is 10.3. The molecule has 140 valence electrons. The molecule has 0 aliphatic carbocycles. The highest BCUT2D eigenvalue weighted by Gasteiger charge is 2.22. The van der Waals surface area contributed by atoms with Crippen LogP contribution in [0.25, 0.3) is 5.82 Å². The van der Waals surface area contributed by atoms with Crippen molar-refractivity contribution in [3.8, 4) is 5.82 Å². The predicted molar refractivity (Wildman–Crippen MR) is 101 cm³/mol. The lowest BCUT2D eigenvalue weighted by Crippen LogP contribution is -2.41. The number of carbonyl (C=O) groups is 1. The van der Waals surface area contributed by atoms with Crippen molar-refractivity contribution in [2.45, 2.75) is 17.9 Å². The van der Waals surface area contributed by atoms with Gasteiger partial charge in [0.15, 0.2) is 5.82 Å². The van der Waals surface area contributed by atoms with Crippen LogP contribution >= 0.6 is 11.6 Å². The molecule has 1 atom stereocenters. The van der Waals surface area contributed by atoms with Gasteiger partial charge in [-0.2, -0.15) is 9.82 Å². The molecular weight excluding hydrogens is 390 g/mol. The third-order valence-electron chi connectivity index (χ3n) is 3.60. The molecular formula is C17H16ClN5O3S. The second-order valence-electron chi connectivity index (χ2n) is 5.64. The van der Waals surface area contributed by atoms with Gasteiger partial charge in [0.2, 0.25) is 15.9 Å². The van der Waals surface area contributed by atoms with Gasteiger partial charge in [0.1, 0.15) is 0 Å². The molecule has 1 amide bonds. The van der Waals surface area contributed by atoms with Crippen molar-refractivity contribution in [3.63, 3.8) is 0 Å². The highest BCUT2D eigenvalue weighted by atomic mass is 35.5. The lowest BCUT2D eigenvalue weighted by Gasteiger charge is -2.14. The Morgan fingerprint density at radius 2 is 1.93 bits per heavy atom. The lowest BCUT2D eigenvalue weighted by molar-refractivity contribution is -0.117. The summed E-state index contributed by atoms with van der Waals surface area (Å²) in [6, 6.07) is 9.79. The van der Waals surface area contributed by atoms with Gasteiger partial charge < -0.3 is 5.32 Å². The maximum atomic E-state index is 12.3. The van der Waals surface area contributed by atoms with E-state index in [1.54, 1.807) is 35.3 Å². The highest BCUT2D eigenvalue weighted by molar-refractivity contribution is 7.89.